The predicted octanol–water partition coefficient (Wildman–Crippen LogP) is 0.464. The van der Waals surface area contributed by atoms with Gasteiger partial charge in [0.25, 0.3) is 0 Å². The molecule has 0 amide bonds. The molecular formula is C14H10N2O8. The minimum Gasteiger partial charge on any atom is -0.504 e. The summed E-state index contributed by atoms with van der Waals surface area (Å²) in [4.78, 5) is 37.4. The number of rotatable bonds is 3. The lowest BCUT2D eigenvalue weighted by Gasteiger charge is -2.13. The highest BCUT2D eigenvalue weighted by molar-refractivity contribution is 6.13. The van der Waals surface area contributed by atoms with Crippen molar-refractivity contribution in [3.63, 3.8) is 0 Å². The molecule has 3 rings (SSSR count). The highest BCUT2D eigenvalue weighted by Gasteiger charge is 2.34. The van der Waals surface area contributed by atoms with Crippen molar-refractivity contribution in [3.8, 4) is 11.5 Å². The summed E-state index contributed by atoms with van der Waals surface area (Å²) in [6, 6.07) is -0.323. The number of hydrogen-bond acceptors (Lipinski definition) is 7. The first-order chi connectivity index (χ1) is 11.2. The Morgan fingerprint density at radius 3 is 2.29 bits per heavy atom. The van der Waals surface area contributed by atoms with Crippen molar-refractivity contribution in [2.75, 3.05) is 5.32 Å². The number of carboxylic acids is 3. The second-order valence-corrected chi connectivity index (χ2v) is 5.18. The van der Waals surface area contributed by atoms with Gasteiger partial charge in [-0.1, -0.05) is 0 Å². The SMILES string of the molecule is O=C(O)c1cc(C(=O)O)c2c3c(c(O)c(O)c2n1)CC(C(=O)O)N3. The number of benzene rings is 1. The normalized spacial score (nSPS) is 15.8. The molecule has 24 heavy (non-hydrogen) atoms. The van der Waals surface area contributed by atoms with E-state index in [2.05, 4.69) is 10.3 Å². The molecule has 2 heterocycles. The van der Waals surface area contributed by atoms with E-state index < -0.39 is 52.2 Å². The molecule has 0 spiro atoms. The third kappa shape index (κ3) is 2.04. The smallest absolute Gasteiger partial charge is 0.354 e. The van der Waals surface area contributed by atoms with E-state index >= 15 is 0 Å². The molecule has 0 saturated carbocycles. The van der Waals surface area contributed by atoms with Crippen molar-refractivity contribution in [1.82, 2.24) is 4.98 Å². The van der Waals surface area contributed by atoms with Gasteiger partial charge in [-0.3, -0.25) is 0 Å². The summed E-state index contributed by atoms with van der Waals surface area (Å²) >= 11 is 0. The van der Waals surface area contributed by atoms with Crippen molar-refractivity contribution in [2.45, 2.75) is 12.5 Å². The molecule has 1 atom stereocenters. The van der Waals surface area contributed by atoms with Crippen LogP contribution < -0.4 is 5.32 Å². The molecule has 6 N–H and O–H groups in total. The molecule has 0 saturated heterocycles. The molecule has 2 aromatic rings. The number of phenolic OH excluding ortho intramolecular Hbond substituents is 2. The summed E-state index contributed by atoms with van der Waals surface area (Å²) in [5.41, 5.74) is -1.54. The van der Waals surface area contributed by atoms with Crippen LogP contribution in [0.15, 0.2) is 6.07 Å². The Morgan fingerprint density at radius 2 is 1.75 bits per heavy atom. The number of fused-ring (bicyclic) bond motifs is 3. The van der Waals surface area contributed by atoms with Crippen molar-refractivity contribution in [3.05, 3.63) is 22.9 Å². The number of aromatic hydroxyl groups is 2. The highest BCUT2D eigenvalue weighted by atomic mass is 16.4. The number of phenols is 2. The molecule has 1 aliphatic rings. The fraction of sp³-hybridized carbons (Fsp3) is 0.143. The van der Waals surface area contributed by atoms with E-state index in [-0.39, 0.29) is 23.1 Å². The first kappa shape index (κ1) is 15.3. The minimum absolute atomic E-state index is 0.00506. The first-order valence-corrected chi connectivity index (χ1v) is 6.59. The number of aromatic nitrogens is 1. The first-order valence-electron chi connectivity index (χ1n) is 6.59. The van der Waals surface area contributed by atoms with E-state index in [0.29, 0.717) is 0 Å². The maximum atomic E-state index is 11.5. The van der Waals surface area contributed by atoms with Crippen LogP contribution in [-0.2, 0) is 11.2 Å². The van der Waals surface area contributed by atoms with Gasteiger partial charge in [0, 0.05) is 17.4 Å². The Bertz CT molecular complexity index is 936. The van der Waals surface area contributed by atoms with Crippen LogP contribution in [-0.4, -0.2) is 54.5 Å². The van der Waals surface area contributed by atoms with E-state index in [1.54, 1.807) is 0 Å². The van der Waals surface area contributed by atoms with E-state index in [1.165, 1.54) is 0 Å². The van der Waals surface area contributed by atoms with Gasteiger partial charge >= 0.3 is 17.9 Å². The summed E-state index contributed by atoms with van der Waals surface area (Å²) in [6.07, 6.45) is -0.181. The number of nitrogens with zero attached hydrogens (tertiary/aromatic N) is 1. The van der Waals surface area contributed by atoms with Crippen molar-refractivity contribution in [2.24, 2.45) is 0 Å². The topological polar surface area (TPSA) is 177 Å². The Morgan fingerprint density at radius 1 is 1.08 bits per heavy atom. The molecule has 0 fully saturated rings. The largest absolute Gasteiger partial charge is 0.504 e. The zero-order chi connectivity index (χ0) is 17.8. The summed E-state index contributed by atoms with van der Waals surface area (Å²) in [6.45, 7) is 0. The van der Waals surface area contributed by atoms with Crippen LogP contribution >= 0.6 is 0 Å². The Hall–Kier alpha value is -3.56. The summed E-state index contributed by atoms with van der Waals surface area (Å²) < 4.78 is 0. The molecule has 0 aliphatic carbocycles. The van der Waals surface area contributed by atoms with E-state index in [4.69, 9.17) is 10.2 Å². The lowest BCUT2D eigenvalue weighted by Crippen LogP contribution is -2.26. The average Bonchev–Trinajstić information content (AvgIpc) is 2.96. The predicted molar refractivity (Wildman–Crippen MR) is 77.7 cm³/mol. The number of nitrogens with one attached hydrogen (secondary N) is 1. The van der Waals surface area contributed by atoms with Crippen molar-refractivity contribution >= 4 is 34.5 Å². The zero-order valence-corrected chi connectivity index (χ0v) is 11.8. The molecule has 1 aromatic carbocycles. The van der Waals surface area contributed by atoms with Gasteiger partial charge in [-0.15, -0.1) is 0 Å². The van der Waals surface area contributed by atoms with Gasteiger partial charge in [0.1, 0.15) is 17.3 Å². The van der Waals surface area contributed by atoms with E-state index in [1.807, 2.05) is 0 Å². The van der Waals surface area contributed by atoms with E-state index in [9.17, 15) is 29.7 Å². The van der Waals surface area contributed by atoms with Crippen LogP contribution in [0.2, 0.25) is 0 Å². The van der Waals surface area contributed by atoms with Gasteiger partial charge < -0.3 is 30.8 Å². The molecule has 0 bridgehead atoms. The van der Waals surface area contributed by atoms with Crippen LogP contribution in [0.3, 0.4) is 0 Å². The van der Waals surface area contributed by atoms with E-state index in [0.717, 1.165) is 6.07 Å². The highest BCUT2D eigenvalue weighted by Crippen LogP contribution is 2.47. The maximum Gasteiger partial charge on any atom is 0.354 e. The molecule has 124 valence electrons. The number of carboxylic acid groups (broad SMARTS) is 3. The monoisotopic (exact) mass is 334 g/mol. The molecule has 1 aliphatic heterocycles. The van der Waals surface area contributed by atoms with Gasteiger partial charge in [0.15, 0.2) is 11.5 Å². The average molecular weight is 334 g/mol. The van der Waals surface area contributed by atoms with Gasteiger partial charge in [0.05, 0.1) is 11.3 Å². The Labute approximate surface area is 132 Å². The Kier molecular flexibility index (Phi) is 3.18. The number of anilines is 1. The summed E-state index contributed by atoms with van der Waals surface area (Å²) in [5.74, 6) is -5.71. The fourth-order valence-corrected chi connectivity index (χ4v) is 2.71. The van der Waals surface area contributed by atoms with Crippen LogP contribution in [0.5, 0.6) is 11.5 Å². The third-order valence-electron chi connectivity index (χ3n) is 3.78. The Balaban J connectivity index is 2.44. The van der Waals surface area contributed by atoms with Gasteiger partial charge in [-0.25, -0.2) is 19.4 Å². The van der Waals surface area contributed by atoms with Crippen LogP contribution in [0.4, 0.5) is 5.69 Å². The lowest BCUT2D eigenvalue weighted by molar-refractivity contribution is -0.137. The fourth-order valence-electron chi connectivity index (χ4n) is 2.71. The number of aliphatic carboxylic acids is 1. The molecule has 0 radical (unpaired) electrons. The number of carbonyl (C=O) groups is 3. The molecule has 10 nitrogen and oxygen atoms in total. The van der Waals surface area contributed by atoms with Gasteiger partial charge in [0.2, 0.25) is 0 Å². The standard InChI is InChI=1S/C14H10N2O8/c17-10-4-2-6(14(23)24)15-8(4)7-3(12(19)20)1-5(13(21)22)16-9(7)11(10)18/h1,6,15,17-18H,2H2,(H,19,20)(H,21,22)(H,23,24). The third-order valence-corrected chi connectivity index (χ3v) is 3.78. The van der Waals surface area contributed by atoms with Crippen molar-refractivity contribution < 1.29 is 39.9 Å². The van der Waals surface area contributed by atoms with Gasteiger partial charge in [-0.05, 0) is 6.07 Å². The summed E-state index contributed by atoms with van der Waals surface area (Å²) in [5, 5.41) is 50.0. The van der Waals surface area contributed by atoms with Crippen LogP contribution in [0.1, 0.15) is 26.4 Å². The number of aromatic carboxylic acids is 2. The molecular weight excluding hydrogens is 324 g/mol. The summed E-state index contributed by atoms with van der Waals surface area (Å²) in [7, 11) is 0. The van der Waals surface area contributed by atoms with Gasteiger partial charge in [-0.2, -0.15) is 0 Å². The second kappa shape index (κ2) is 4.98. The number of pyridine rings is 1. The number of hydrogen-bond donors (Lipinski definition) is 6. The molecule has 1 unspecified atom stereocenters. The van der Waals surface area contributed by atoms with Crippen molar-refractivity contribution in [1.29, 1.82) is 0 Å². The second-order valence-electron chi connectivity index (χ2n) is 5.18. The zero-order valence-electron chi connectivity index (χ0n) is 11.8. The minimum atomic E-state index is -1.52. The van der Waals surface area contributed by atoms with Crippen LogP contribution in [0, 0.1) is 0 Å². The van der Waals surface area contributed by atoms with Crippen LogP contribution in [0.25, 0.3) is 10.9 Å². The quantitative estimate of drug-likeness (QED) is 0.341. The maximum absolute atomic E-state index is 11.5. The molecule has 1 aromatic heterocycles. The lowest BCUT2D eigenvalue weighted by atomic mass is 9.99. The molecule has 10 heteroatoms.